The number of halogens is 1. The molecule has 0 aliphatic heterocycles. The molecule has 5 nitrogen and oxygen atoms in total. The molecule has 0 radical (unpaired) electrons. The summed E-state index contributed by atoms with van der Waals surface area (Å²) in [5.41, 5.74) is 0.963. The maximum atomic E-state index is 13.1. The second-order valence-corrected chi connectivity index (χ2v) is 7.50. The van der Waals surface area contributed by atoms with Crippen LogP contribution >= 0.6 is 0 Å². The summed E-state index contributed by atoms with van der Waals surface area (Å²) in [6, 6.07) is 6.06. The number of carbonyl (C=O) groups is 2. The molecule has 2 N–H and O–H groups in total. The highest BCUT2D eigenvalue weighted by Crippen LogP contribution is 2.30. The van der Waals surface area contributed by atoms with Crippen LogP contribution in [0.25, 0.3) is 0 Å². The molecule has 6 heteroatoms. The smallest absolute Gasteiger partial charge is 0.321 e. The number of hydrogen-bond donors (Lipinski definition) is 2. The minimum atomic E-state index is -0.412. The summed E-state index contributed by atoms with van der Waals surface area (Å²) >= 11 is 0. The van der Waals surface area contributed by atoms with E-state index in [2.05, 4.69) is 15.5 Å². The Morgan fingerprint density at radius 2 is 1.77 bits per heavy atom. The molecule has 0 spiro atoms. The van der Waals surface area contributed by atoms with Gasteiger partial charge in [-0.2, -0.15) is 0 Å². The first-order valence-corrected chi connectivity index (χ1v) is 9.64. The molecule has 0 bridgehead atoms. The van der Waals surface area contributed by atoms with Gasteiger partial charge in [-0.05, 0) is 50.3 Å². The van der Waals surface area contributed by atoms with Gasteiger partial charge in [0.15, 0.2) is 0 Å². The number of rotatable bonds is 6. The molecule has 2 aliphatic rings. The van der Waals surface area contributed by atoms with E-state index in [1.165, 1.54) is 18.6 Å². The van der Waals surface area contributed by atoms with Crippen molar-refractivity contribution in [2.45, 2.75) is 76.5 Å². The monoisotopic (exact) mass is 361 g/mol. The van der Waals surface area contributed by atoms with Crippen molar-refractivity contribution in [2.24, 2.45) is 0 Å². The van der Waals surface area contributed by atoms with Gasteiger partial charge in [0.25, 0.3) is 0 Å². The van der Waals surface area contributed by atoms with E-state index in [0.29, 0.717) is 12.6 Å². The number of hydrogen-bond acceptors (Lipinski definition) is 3. The standard InChI is InChI=1S/C20H28FN3O2/c1-14(19(25)23-20(26)22-17-5-3-2-4-6-17)24(18-11-12-18)13-15-7-9-16(21)10-8-15/h7-10,14,17-18H,2-6,11-13H2,1H3,(H2,22,23,25,26)/t14-/m1/s1. The Labute approximate surface area is 154 Å². The normalized spacial score (nSPS) is 19.2. The van der Waals surface area contributed by atoms with Gasteiger partial charge in [0.2, 0.25) is 5.91 Å². The molecule has 142 valence electrons. The van der Waals surface area contributed by atoms with Crippen molar-refractivity contribution < 1.29 is 14.0 Å². The Bertz CT molecular complexity index is 624. The molecule has 2 aliphatic carbocycles. The van der Waals surface area contributed by atoms with E-state index in [0.717, 1.165) is 44.1 Å². The van der Waals surface area contributed by atoms with Gasteiger partial charge in [-0.15, -0.1) is 0 Å². The highest BCUT2D eigenvalue weighted by molar-refractivity contribution is 5.96. The highest BCUT2D eigenvalue weighted by Gasteiger charge is 2.35. The van der Waals surface area contributed by atoms with E-state index < -0.39 is 12.1 Å². The van der Waals surface area contributed by atoms with Crippen LogP contribution in [0, 0.1) is 5.82 Å². The van der Waals surface area contributed by atoms with Crippen LogP contribution in [0.2, 0.25) is 0 Å². The van der Waals surface area contributed by atoms with Gasteiger partial charge in [-0.3, -0.25) is 15.0 Å². The van der Waals surface area contributed by atoms with Crippen molar-refractivity contribution in [3.05, 3.63) is 35.6 Å². The molecule has 0 saturated heterocycles. The van der Waals surface area contributed by atoms with E-state index in [4.69, 9.17) is 0 Å². The topological polar surface area (TPSA) is 61.4 Å². The molecule has 0 aromatic heterocycles. The molecule has 1 aromatic rings. The van der Waals surface area contributed by atoms with Crippen molar-refractivity contribution in [3.8, 4) is 0 Å². The predicted molar refractivity (Wildman–Crippen MR) is 98.0 cm³/mol. The lowest BCUT2D eigenvalue weighted by molar-refractivity contribution is -0.125. The third-order valence-corrected chi connectivity index (χ3v) is 5.35. The van der Waals surface area contributed by atoms with E-state index in [9.17, 15) is 14.0 Å². The number of benzene rings is 1. The minimum Gasteiger partial charge on any atom is -0.335 e. The summed E-state index contributed by atoms with van der Waals surface area (Å²) in [6.45, 7) is 2.40. The summed E-state index contributed by atoms with van der Waals surface area (Å²) in [7, 11) is 0. The van der Waals surface area contributed by atoms with Crippen molar-refractivity contribution >= 4 is 11.9 Å². The Hall–Kier alpha value is -1.95. The SMILES string of the molecule is C[C@H](C(=O)NC(=O)NC1CCCCC1)N(Cc1ccc(F)cc1)C1CC1. The third-order valence-electron chi connectivity index (χ3n) is 5.35. The van der Waals surface area contributed by atoms with Crippen LogP contribution in [-0.4, -0.2) is 35.0 Å². The molecular weight excluding hydrogens is 333 g/mol. The van der Waals surface area contributed by atoms with Gasteiger partial charge >= 0.3 is 6.03 Å². The van der Waals surface area contributed by atoms with Crippen LogP contribution in [0.1, 0.15) is 57.4 Å². The van der Waals surface area contributed by atoms with Crippen molar-refractivity contribution in [1.82, 2.24) is 15.5 Å². The summed E-state index contributed by atoms with van der Waals surface area (Å²) in [5.74, 6) is -0.552. The number of urea groups is 1. The van der Waals surface area contributed by atoms with Crippen molar-refractivity contribution in [1.29, 1.82) is 0 Å². The second kappa shape index (κ2) is 8.62. The zero-order valence-corrected chi connectivity index (χ0v) is 15.3. The number of amides is 3. The molecule has 2 fully saturated rings. The lowest BCUT2D eigenvalue weighted by atomic mass is 9.96. The average molecular weight is 361 g/mol. The Kier molecular flexibility index (Phi) is 6.25. The number of imide groups is 1. The summed E-state index contributed by atoms with van der Waals surface area (Å²) in [6.07, 6.45) is 7.53. The van der Waals surface area contributed by atoms with Gasteiger partial charge in [0.05, 0.1) is 6.04 Å². The molecular formula is C20H28FN3O2. The van der Waals surface area contributed by atoms with Gasteiger partial charge in [-0.25, -0.2) is 9.18 Å². The summed E-state index contributed by atoms with van der Waals surface area (Å²) < 4.78 is 13.1. The first kappa shape index (κ1) is 18.8. The van der Waals surface area contributed by atoms with Crippen LogP contribution in [0.3, 0.4) is 0 Å². The molecule has 0 unspecified atom stereocenters. The summed E-state index contributed by atoms with van der Waals surface area (Å²) in [5, 5.41) is 5.41. The first-order chi connectivity index (χ1) is 12.5. The minimum absolute atomic E-state index is 0.172. The van der Waals surface area contributed by atoms with E-state index in [1.54, 1.807) is 12.1 Å². The van der Waals surface area contributed by atoms with Crippen molar-refractivity contribution in [2.75, 3.05) is 0 Å². The van der Waals surface area contributed by atoms with Crippen LogP contribution < -0.4 is 10.6 Å². The van der Waals surface area contributed by atoms with Gasteiger partial charge in [-0.1, -0.05) is 31.4 Å². The second-order valence-electron chi connectivity index (χ2n) is 7.50. The van der Waals surface area contributed by atoms with E-state index in [-0.39, 0.29) is 17.8 Å². The van der Waals surface area contributed by atoms with Gasteiger partial charge in [0.1, 0.15) is 5.82 Å². The molecule has 3 amide bonds. The quantitative estimate of drug-likeness (QED) is 0.817. The Morgan fingerprint density at radius 1 is 1.12 bits per heavy atom. The Balaban J connectivity index is 1.54. The number of carbonyl (C=O) groups excluding carboxylic acids is 2. The lowest BCUT2D eigenvalue weighted by Crippen LogP contribution is -2.51. The van der Waals surface area contributed by atoms with E-state index in [1.807, 2.05) is 6.92 Å². The summed E-state index contributed by atoms with van der Waals surface area (Å²) in [4.78, 5) is 26.8. The molecule has 1 atom stereocenters. The van der Waals surface area contributed by atoms with Crippen LogP contribution in [0.5, 0.6) is 0 Å². The van der Waals surface area contributed by atoms with Gasteiger partial charge < -0.3 is 5.32 Å². The lowest BCUT2D eigenvalue weighted by Gasteiger charge is -2.28. The molecule has 0 heterocycles. The fourth-order valence-electron chi connectivity index (χ4n) is 3.62. The largest absolute Gasteiger partial charge is 0.335 e. The molecule has 3 rings (SSSR count). The Morgan fingerprint density at radius 3 is 2.38 bits per heavy atom. The molecule has 26 heavy (non-hydrogen) atoms. The fraction of sp³-hybridized carbons (Fsp3) is 0.600. The predicted octanol–water partition coefficient (Wildman–Crippen LogP) is 3.34. The number of nitrogens with zero attached hydrogens (tertiary/aromatic N) is 1. The van der Waals surface area contributed by atoms with Crippen LogP contribution in [0.15, 0.2) is 24.3 Å². The zero-order valence-electron chi connectivity index (χ0n) is 15.3. The first-order valence-electron chi connectivity index (χ1n) is 9.64. The van der Waals surface area contributed by atoms with Gasteiger partial charge in [0, 0.05) is 18.6 Å². The molecule has 2 saturated carbocycles. The van der Waals surface area contributed by atoms with E-state index >= 15 is 0 Å². The zero-order chi connectivity index (χ0) is 18.5. The van der Waals surface area contributed by atoms with Crippen molar-refractivity contribution in [3.63, 3.8) is 0 Å². The van der Waals surface area contributed by atoms with Crippen LogP contribution in [0.4, 0.5) is 9.18 Å². The number of nitrogens with one attached hydrogen (secondary N) is 2. The average Bonchev–Trinajstić information content (AvgIpc) is 3.46. The third kappa shape index (κ3) is 5.27. The molecule has 1 aromatic carbocycles. The fourth-order valence-corrected chi connectivity index (χ4v) is 3.62. The maximum Gasteiger partial charge on any atom is 0.321 e. The van der Waals surface area contributed by atoms with Crippen LogP contribution in [-0.2, 0) is 11.3 Å². The highest BCUT2D eigenvalue weighted by atomic mass is 19.1. The maximum absolute atomic E-state index is 13.1.